The SMILES string of the molecule is CC[CH2][Al]([CH2]CC)[CH2]CC.C[CH](C)[Al]([CH](C)C)[CH](C)C. The highest BCUT2D eigenvalue weighted by Gasteiger charge is 2.27. The molecule has 0 N–H and O–H groups in total. The van der Waals surface area contributed by atoms with Crippen LogP contribution in [0.4, 0.5) is 0 Å². The van der Waals surface area contributed by atoms with Gasteiger partial charge in [0.25, 0.3) is 28.3 Å². The van der Waals surface area contributed by atoms with Crippen molar-refractivity contribution in [2.45, 2.75) is 112 Å². The zero-order valence-electron chi connectivity index (χ0n) is 16.1. The topological polar surface area (TPSA) is 0 Å². The largest absolute Gasteiger partial charge is 0.270 e. The molecule has 0 unspecified atom stereocenters. The van der Waals surface area contributed by atoms with Gasteiger partial charge >= 0.3 is 0 Å². The van der Waals surface area contributed by atoms with E-state index in [9.17, 15) is 0 Å². The standard InChI is InChI=1S/6C3H7.2Al/c6*1-3-2;;/h3*3H,1-2H3;3*1,3H2,2H3;;. The minimum atomic E-state index is -0.454. The van der Waals surface area contributed by atoms with E-state index in [1.165, 1.54) is 19.3 Å². The van der Waals surface area contributed by atoms with E-state index in [0.29, 0.717) is 0 Å². The van der Waals surface area contributed by atoms with Crippen molar-refractivity contribution in [1.29, 1.82) is 0 Å². The molecule has 0 saturated heterocycles. The van der Waals surface area contributed by atoms with Crippen LogP contribution in [0, 0.1) is 0 Å². The second kappa shape index (κ2) is 15.0. The lowest BCUT2D eigenvalue weighted by atomic mass is 10.5. The van der Waals surface area contributed by atoms with Gasteiger partial charge in [0.05, 0.1) is 0 Å². The van der Waals surface area contributed by atoms with E-state index in [1.54, 1.807) is 15.8 Å². The van der Waals surface area contributed by atoms with Gasteiger partial charge in [-0.05, 0) is 0 Å². The van der Waals surface area contributed by atoms with Gasteiger partial charge in [0.2, 0.25) is 0 Å². The Hall–Kier alpha value is 1.06. The normalized spacial score (nSPS) is 10.8. The first-order valence-corrected chi connectivity index (χ1v) is 13.8. The van der Waals surface area contributed by atoms with E-state index in [-0.39, 0.29) is 14.1 Å². The zero-order chi connectivity index (χ0) is 16.1. The minimum Gasteiger partial charge on any atom is -0.0941 e. The van der Waals surface area contributed by atoms with Crippen LogP contribution in [0.5, 0.6) is 0 Å². The molecule has 0 amide bonds. The summed E-state index contributed by atoms with van der Waals surface area (Å²) in [5.41, 5.74) is 0. The molecule has 0 aliphatic heterocycles. The zero-order valence-corrected chi connectivity index (χ0v) is 18.4. The lowest BCUT2D eigenvalue weighted by Gasteiger charge is -2.22. The van der Waals surface area contributed by atoms with E-state index in [0.717, 1.165) is 14.3 Å². The van der Waals surface area contributed by atoms with Crippen LogP contribution in [0.3, 0.4) is 0 Å². The Balaban J connectivity index is 0. The molecule has 0 nitrogen and oxygen atoms in total. The van der Waals surface area contributed by atoms with E-state index in [4.69, 9.17) is 0 Å². The van der Waals surface area contributed by atoms with Crippen LogP contribution >= 0.6 is 0 Å². The Labute approximate surface area is 139 Å². The smallest absolute Gasteiger partial charge is 0.0941 e. The van der Waals surface area contributed by atoms with Crippen LogP contribution in [0.1, 0.15) is 81.6 Å². The fourth-order valence-electron chi connectivity index (χ4n) is 3.97. The second-order valence-electron chi connectivity index (χ2n) is 7.54. The maximum atomic E-state index is 2.39. The third kappa shape index (κ3) is 12.8. The maximum absolute atomic E-state index is 2.39. The number of hydrogen-bond donors (Lipinski definition) is 0. The summed E-state index contributed by atoms with van der Waals surface area (Å²) in [4.78, 5) is 0. The van der Waals surface area contributed by atoms with Crippen LogP contribution in [0.2, 0.25) is 30.2 Å². The predicted octanol–water partition coefficient (Wildman–Crippen LogP) is 7.42. The summed E-state index contributed by atoms with van der Waals surface area (Å²) >= 11 is -0.688. The van der Waals surface area contributed by atoms with Gasteiger partial charge in [-0.1, -0.05) is 112 Å². The van der Waals surface area contributed by atoms with E-state index in [2.05, 4.69) is 62.3 Å². The van der Waals surface area contributed by atoms with E-state index in [1.807, 2.05) is 0 Å². The molecular weight excluding hydrogens is 270 g/mol. The molecule has 0 atom stereocenters. The molecule has 0 saturated carbocycles. The summed E-state index contributed by atoms with van der Waals surface area (Å²) in [5.74, 6) is 0. The van der Waals surface area contributed by atoms with Gasteiger partial charge in [-0.2, -0.15) is 0 Å². The molecule has 0 rings (SSSR count). The van der Waals surface area contributed by atoms with E-state index < -0.39 is 14.1 Å². The van der Waals surface area contributed by atoms with Gasteiger partial charge in [0.1, 0.15) is 0 Å². The lowest BCUT2D eigenvalue weighted by molar-refractivity contribution is 0.863. The fourth-order valence-corrected chi connectivity index (χ4v) is 11.9. The molecule has 0 aliphatic carbocycles. The van der Waals surface area contributed by atoms with Crippen LogP contribution in [-0.2, 0) is 0 Å². The van der Waals surface area contributed by atoms with Crippen molar-refractivity contribution in [3.05, 3.63) is 0 Å². The van der Waals surface area contributed by atoms with Gasteiger partial charge in [0, 0.05) is 0 Å². The number of hydrogen-bond acceptors (Lipinski definition) is 0. The van der Waals surface area contributed by atoms with Crippen molar-refractivity contribution in [1.82, 2.24) is 0 Å². The Morgan fingerprint density at radius 3 is 0.900 bits per heavy atom. The Bertz CT molecular complexity index is 155. The highest BCUT2D eigenvalue weighted by Crippen LogP contribution is 2.29. The molecule has 0 heterocycles. The molecule has 0 fully saturated rings. The van der Waals surface area contributed by atoms with Crippen molar-refractivity contribution in [3.63, 3.8) is 0 Å². The Morgan fingerprint density at radius 1 is 0.550 bits per heavy atom. The van der Waals surface area contributed by atoms with Crippen molar-refractivity contribution in [2.24, 2.45) is 0 Å². The highest BCUT2D eigenvalue weighted by atomic mass is 27.2. The monoisotopic (exact) mass is 312 g/mol. The first kappa shape index (κ1) is 23.3. The van der Waals surface area contributed by atoms with Gasteiger partial charge in [0.15, 0.2) is 0 Å². The van der Waals surface area contributed by atoms with Crippen LogP contribution < -0.4 is 0 Å². The molecule has 0 bridgehead atoms. The average Bonchev–Trinajstić information content (AvgIpc) is 2.28. The first-order valence-electron chi connectivity index (χ1n) is 9.31. The van der Waals surface area contributed by atoms with E-state index >= 15 is 0 Å². The van der Waals surface area contributed by atoms with Gasteiger partial charge in [-0.3, -0.25) is 0 Å². The first-order chi connectivity index (χ1) is 9.31. The van der Waals surface area contributed by atoms with Crippen LogP contribution in [0.25, 0.3) is 0 Å². The minimum absolute atomic E-state index is 0.234. The van der Waals surface area contributed by atoms with Crippen LogP contribution in [-0.4, -0.2) is 28.3 Å². The fraction of sp³-hybridized carbons (Fsp3) is 1.00. The summed E-state index contributed by atoms with van der Waals surface area (Å²) in [6, 6.07) is 0. The molecule has 2 heteroatoms. The Kier molecular flexibility index (Phi) is 17.5. The summed E-state index contributed by atoms with van der Waals surface area (Å²) < 4.78 is 2.92. The third-order valence-electron chi connectivity index (χ3n) is 4.40. The molecule has 20 heavy (non-hydrogen) atoms. The summed E-state index contributed by atoms with van der Waals surface area (Å²) in [6.45, 7) is 21.3. The summed E-state index contributed by atoms with van der Waals surface area (Å²) in [7, 11) is 0. The second-order valence-corrected chi connectivity index (χ2v) is 16.2. The third-order valence-corrected chi connectivity index (χ3v) is 13.2. The summed E-state index contributed by atoms with van der Waals surface area (Å²) in [5, 5.41) is 4.76. The molecular formula is C18H42Al2. The van der Waals surface area contributed by atoms with Crippen molar-refractivity contribution in [2.75, 3.05) is 0 Å². The molecule has 0 aromatic heterocycles. The van der Waals surface area contributed by atoms with Crippen molar-refractivity contribution in [3.8, 4) is 0 Å². The maximum Gasteiger partial charge on any atom is 0.270 e. The average molecular weight is 312 g/mol. The molecule has 0 aromatic rings. The highest BCUT2D eigenvalue weighted by molar-refractivity contribution is 6.63. The quantitative estimate of drug-likeness (QED) is 0.388. The van der Waals surface area contributed by atoms with Gasteiger partial charge < -0.3 is 0 Å². The molecule has 0 spiro atoms. The van der Waals surface area contributed by atoms with Gasteiger partial charge in [-0.15, -0.1) is 0 Å². The van der Waals surface area contributed by atoms with Gasteiger partial charge in [-0.25, -0.2) is 0 Å². The summed E-state index contributed by atoms with van der Waals surface area (Å²) in [6.07, 6.45) is 4.28. The van der Waals surface area contributed by atoms with Crippen molar-refractivity contribution < 1.29 is 0 Å². The lowest BCUT2D eigenvalue weighted by Crippen LogP contribution is -2.24. The van der Waals surface area contributed by atoms with Crippen LogP contribution in [0.15, 0.2) is 0 Å². The molecule has 0 radical (unpaired) electrons. The Morgan fingerprint density at radius 2 is 0.800 bits per heavy atom. The van der Waals surface area contributed by atoms with Crippen molar-refractivity contribution >= 4 is 28.3 Å². The molecule has 0 aliphatic rings. The molecule has 120 valence electrons. The number of rotatable bonds is 9. The molecule has 0 aromatic carbocycles. The predicted molar refractivity (Wildman–Crippen MR) is 102 cm³/mol.